The third-order valence-electron chi connectivity index (χ3n) is 6.29. The molecule has 1 fully saturated rings. The fourth-order valence-electron chi connectivity index (χ4n) is 4.64. The van der Waals surface area contributed by atoms with Gasteiger partial charge in [-0.1, -0.05) is 18.2 Å². The zero-order valence-corrected chi connectivity index (χ0v) is 20.5. The molecule has 0 spiro atoms. The Morgan fingerprint density at radius 2 is 1.91 bits per heavy atom. The van der Waals surface area contributed by atoms with Gasteiger partial charge in [0.2, 0.25) is 5.60 Å². The number of likely N-dealkylation sites (tertiary alicyclic amines) is 1. The average molecular weight is 492 g/mol. The van der Waals surface area contributed by atoms with Gasteiger partial charge in [0.25, 0.3) is 5.91 Å². The lowest BCUT2D eigenvalue weighted by Gasteiger charge is -2.46. The van der Waals surface area contributed by atoms with Gasteiger partial charge in [0.1, 0.15) is 12.4 Å². The van der Waals surface area contributed by atoms with Gasteiger partial charge in [0.15, 0.2) is 5.67 Å². The number of primary amides is 1. The van der Waals surface area contributed by atoms with E-state index in [0.717, 1.165) is 11.1 Å². The molecule has 0 bridgehead atoms. The molecule has 9 nitrogen and oxygen atoms in total. The second-order valence-electron chi connectivity index (χ2n) is 9.05. The van der Waals surface area contributed by atoms with Crippen molar-refractivity contribution in [2.75, 3.05) is 54.1 Å². The summed E-state index contributed by atoms with van der Waals surface area (Å²) in [5, 5.41) is 10.1. The molecule has 1 aromatic rings. The first-order valence-corrected chi connectivity index (χ1v) is 11.5. The van der Waals surface area contributed by atoms with E-state index in [-0.39, 0.29) is 25.1 Å². The standard InChI is InChI=1S/C25H34FN3O6/c1-28(2)22(31)25(35-23(27)32)11-4-12-29(16-25)21-10-7-19(15-24(21,26)17-30)18-5-8-20(9-6-18)34-14-13-33-3/h5-10,30H,4,11-17H2,1-3H3,(H2,27,32). The quantitative estimate of drug-likeness (QED) is 0.509. The molecule has 1 aliphatic heterocycles. The SMILES string of the molecule is COCCOc1ccc(C2=CC=C(N3CCCC(OC(N)=O)(C(=O)N(C)C)C3)C(F)(CO)C2)cc1. The van der Waals surface area contributed by atoms with E-state index in [4.69, 9.17) is 19.9 Å². The highest BCUT2D eigenvalue weighted by atomic mass is 19.1. The molecule has 35 heavy (non-hydrogen) atoms. The number of methoxy groups -OCH3 is 1. The summed E-state index contributed by atoms with van der Waals surface area (Å²) in [6, 6.07) is 7.29. The Bertz CT molecular complexity index is 980. The molecule has 2 unspecified atom stereocenters. The number of carbonyl (C=O) groups excluding carboxylic acids is 2. The number of rotatable bonds is 9. The molecule has 1 aliphatic carbocycles. The number of halogens is 1. The van der Waals surface area contributed by atoms with Gasteiger partial charge in [0.05, 0.1) is 25.5 Å². The minimum absolute atomic E-state index is 0.0544. The second kappa shape index (κ2) is 11.1. The molecule has 2 aliphatic rings. The van der Waals surface area contributed by atoms with Crippen molar-refractivity contribution >= 4 is 17.6 Å². The number of aliphatic hydroxyl groups excluding tert-OH is 1. The molecule has 3 rings (SSSR count). The van der Waals surface area contributed by atoms with Gasteiger partial charge < -0.3 is 34.9 Å². The normalized spacial score (nSPS) is 24.3. The first kappa shape index (κ1) is 26.5. The van der Waals surface area contributed by atoms with Crippen molar-refractivity contribution < 1.29 is 33.3 Å². The van der Waals surface area contributed by atoms with Crippen molar-refractivity contribution in [2.45, 2.75) is 30.5 Å². The van der Waals surface area contributed by atoms with E-state index >= 15 is 4.39 Å². The Morgan fingerprint density at radius 3 is 2.51 bits per heavy atom. The van der Waals surface area contributed by atoms with Crippen LogP contribution in [-0.2, 0) is 14.3 Å². The predicted octanol–water partition coefficient (Wildman–Crippen LogP) is 2.10. The first-order valence-electron chi connectivity index (χ1n) is 11.5. The zero-order chi connectivity index (χ0) is 25.6. The molecule has 1 aromatic carbocycles. The average Bonchev–Trinajstić information content (AvgIpc) is 2.83. The third-order valence-corrected chi connectivity index (χ3v) is 6.29. The van der Waals surface area contributed by atoms with E-state index in [0.29, 0.717) is 31.9 Å². The molecule has 1 heterocycles. The number of carbonyl (C=O) groups is 2. The van der Waals surface area contributed by atoms with Crippen molar-refractivity contribution in [3.8, 4) is 5.75 Å². The highest BCUT2D eigenvalue weighted by molar-refractivity contribution is 5.87. The summed E-state index contributed by atoms with van der Waals surface area (Å²) in [4.78, 5) is 27.6. The number of allylic oxidation sites excluding steroid dienone is 3. The fourth-order valence-corrected chi connectivity index (χ4v) is 4.64. The summed E-state index contributed by atoms with van der Waals surface area (Å²) in [6.45, 7) is 0.551. The summed E-state index contributed by atoms with van der Waals surface area (Å²) >= 11 is 0. The molecule has 0 radical (unpaired) electrons. The summed E-state index contributed by atoms with van der Waals surface area (Å²) < 4.78 is 32.0. The molecule has 0 aromatic heterocycles. The zero-order valence-electron chi connectivity index (χ0n) is 20.5. The van der Waals surface area contributed by atoms with Crippen LogP contribution in [0.2, 0.25) is 0 Å². The van der Waals surface area contributed by atoms with E-state index < -0.39 is 29.9 Å². The third kappa shape index (κ3) is 5.94. The van der Waals surface area contributed by atoms with Crippen molar-refractivity contribution in [1.29, 1.82) is 0 Å². The number of piperidine rings is 1. The number of aliphatic hydroxyl groups is 1. The van der Waals surface area contributed by atoms with Crippen molar-refractivity contribution in [3.63, 3.8) is 0 Å². The summed E-state index contributed by atoms with van der Waals surface area (Å²) in [5.74, 6) is 0.256. The summed E-state index contributed by atoms with van der Waals surface area (Å²) in [7, 11) is 4.72. The van der Waals surface area contributed by atoms with Crippen LogP contribution >= 0.6 is 0 Å². The minimum atomic E-state index is -2.07. The Kier molecular flexibility index (Phi) is 8.39. The smallest absolute Gasteiger partial charge is 0.405 e. The highest BCUT2D eigenvalue weighted by Gasteiger charge is 2.50. The minimum Gasteiger partial charge on any atom is -0.491 e. The van der Waals surface area contributed by atoms with Crippen molar-refractivity contribution in [1.82, 2.24) is 9.80 Å². The van der Waals surface area contributed by atoms with Gasteiger partial charge in [-0.3, -0.25) is 4.79 Å². The number of nitrogens with zero attached hydrogens (tertiary/aromatic N) is 2. The van der Waals surface area contributed by atoms with Crippen LogP contribution in [-0.4, -0.2) is 92.3 Å². The Labute approximate surface area is 204 Å². The summed E-state index contributed by atoms with van der Waals surface area (Å²) in [5.41, 5.74) is 3.45. The number of nitrogens with two attached hydrogens (primary N) is 1. The number of likely N-dealkylation sites (N-methyl/N-ethyl adjacent to an activating group) is 1. The van der Waals surface area contributed by atoms with Crippen LogP contribution in [0.1, 0.15) is 24.8 Å². The Balaban J connectivity index is 1.87. The van der Waals surface area contributed by atoms with Crippen molar-refractivity contribution in [3.05, 3.63) is 47.7 Å². The number of amides is 2. The van der Waals surface area contributed by atoms with Crippen LogP contribution in [0.5, 0.6) is 5.75 Å². The summed E-state index contributed by atoms with van der Waals surface area (Å²) in [6.07, 6.45) is 3.06. The van der Waals surface area contributed by atoms with Gasteiger partial charge in [-0.25, -0.2) is 9.18 Å². The van der Waals surface area contributed by atoms with Crippen LogP contribution < -0.4 is 10.5 Å². The van der Waals surface area contributed by atoms with Crippen LogP contribution in [0.3, 0.4) is 0 Å². The molecule has 0 saturated carbocycles. The highest BCUT2D eigenvalue weighted by Crippen LogP contribution is 2.41. The van der Waals surface area contributed by atoms with Gasteiger partial charge in [0, 0.05) is 34.2 Å². The Hall–Kier alpha value is -3.11. The van der Waals surface area contributed by atoms with Crippen LogP contribution in [0.4, 0.5) is 9.18 Å². The molecule has 3 N–H and O–H groups in total. The lowest BCUT2D eigenvalue weighted by Crippen LogP contribution is -2.60. The molecule has 1 saturated heterocycles. The largest absolute Gasteiger partial charge is 0.491 e. The number of benzene rings is 1. The van der Waals surface area contributed by atoms with Gasteiger partial charge >= 0.3 is 6.09 Å². The number of hydrogen-bond donors (Lipinski definition) is 2. The number of ether oxygens (including phenoxy) is 3. The lowest BCUT2D eigenvalue weighted by atomic mass is 9.83. The number of hydrogen-bond acceptors (Lipinski definition) is 7. The topological polar surface area (TPSA) is 115 Å². The molecular formula is C25H34FN3O6. The van der Waals surface area contributed by atoms with Crippen molar-refractivity contribution in [2.24, 2.45) is 5.73 Å². The lowest BCUT2D eigenvalue weighted by molar-refractivity contribution is -0.154. The van der Waals surface area contributed by atoms with E-state index in [1.807, 2.05) is 18.2 Å². The predicted molar refractivity (Wildman–Crippen MR) is 128 cm³/mol. The van der Waals surface area contributed by atoms with Crippen LogP contribution in [0, 0.1) is 0 Å². The maximum Gasteiger partial charge on any atom is 0.405 e. The van der Waals surface area contributed by atoms with Gasteiger partial charge in [-0.2, -0.15) is 0 Å². The number of alkyl halides is 1. The van der Waals surface area contributed by atoms with Crippen LogP contribution in [0.15, 0.2) is 42.1 Å². The molecule has 2 amide bonds. The monoisotopic (exact) mass is 491 g/mol. The second-order valence-corrected chi connectivity index (χ2v) is 9.05. The Morgan fingerprint density at radius 1 is 1.20 bits per heavy atom. The molecule has 192 valence electrons. The molecule has 2 atom stereocenters. The van der Waals surface area contributed by atoms with Crippen LogP contribution in [0.25, 0.3) is 5.57 Å². The molecule has 10 heteroatoms. The van der Waals surface area contributed by atoms with E-state index in [1.165, 1.54) is 4.90 Å². The van der Waals surface area contributed by atoms with E-state index in [1.54, 1.807) is 44.3 Å². The maximum absolute atomic E-state index is 16.2. The van der Waals surface area contributed by atoms with Gasteiger partial charge in [-0.05, 0) is 42.2 Å². The van der Waals surface area contributed by atoms with Gasteiger partial charge in [-0.15, -0.1) is 0 Å². The maximum atomic E-state index is 16.2. The van der Waals surface area contributed by atoms with E-state index in [2.05, 4.69) is 0 Å². The first-order chi connectivity index (χ1) is 16.6. The van der Waals surface area contributed by atoms with E-state index in [9.17, 15) is 14.7 Å². The molecular weight excluding hydrogens is 457 g/mol. The fraction of sp³-hybridized carbons (Fsp3) is 0.520.